The lowest BCUT2D eigenvalue weighted by molar-refractivity contribution is -0.147. The average Bonchev–Trinajstić information content (AvgIpc) is 2.64. The Morgan fingerprint density at radius 1 is 1.15 bits per heavy atom. The minimum Gasteiger partial charge on any atom is -0.495 e. The number of carbonyl (C=O) groups excluding carboxylic acids is 2. The van der Waals surface area contributed by atoms with Crippen LogP contribution in [-0.2, 0) is 14.3 Å². The zero-order valence-electron chi connectivity index (χ0n) is 15.3. The number of anilines is 1. The summed E-state index contributed by atoms with van der Waals surface area (Å²) >= 11 is 5.99. The van der Waals surface area contributed by atoms with Crippen LogP contribution in [0.1, 0.15) is 18.4 Å². The Balaban J connectivity index is 1.64. The first-order valence-electron chi connectivity index (χ1n) is 8.46. The molecule has 0 bridgehead atoms. The summed E-state index contributed by atoms with van der Waals surface area (Å²) in [7, 11) is 1.50. The summed E-state index contributed by atoms with van der Waals surface area (Å²) in [5, 5.41) is 2.98. The minimum atomic E-state index is -0.453. The summed E-state index contributed by atoms with van der Waals surface area (Å²) in [6, 6.07) is 12.5. The lowest BCUT2D eigenvalue weighted by Crippen LogP contribution is -2.21. The predicted molar refractivity (Wildman–Crippen MR) is 104 cm³/mol. The van der Waals surface area contributed by atoms with E-state index >= 15 is 0 Å². The number of benzene rings is 2. The third kappa shape index (κ3) is 7.19. The molecule has 0 aromatic heterocycles. The van der Waals surface area contributed by atoms with Gasteiger partial charge in [0.2, 0.25) is 0 Å². The van der Waals surface area contributed by atoms with Crippen LogP contribution in [0.15, 0.2) is 42.5 Å². The van der Waals surface area contributed by atoms with Crippen molar-refractivity contribution in [2.75, 3.05) is 25.6 Å². The number of carbonyl (C=O) groups is 2. The molecule has 0 spiro atoms. The Hall–Kier alpha value is -2.73. The lowest BCUT2D eigenvalue weighted by atomic mass is 10.2. The second-order valence-electron chi connectivity index (χ2n) is 5.83. The quantitative estimate of drug-likeness (QED) is 0.516. The molecule has 0 saturated carbocycles. The number of halogens is 1. The number of hydrogen-bond acceptors (Lipinski definition) is 5. The van der Waals surface area contributed by atoms with Crippen LogP contribution in [0.3, 0.4) is 0 Å². The van der Waals surface area contributed by atoms with Gasteiger partial charge in [0.1, 0.15) is 11.5 Å². The zero-order chi connectivity index (χ0) is 19.6. The van der Waals surface area contributed by atoms with Crippen molar-refractivity contribution >= 4 is 29.2 Å². The molecular weight excluding hydrogens is 370 g/mol. The van der Waals surface area contributed by atoms with Gasteiger partial charge in [-0.25, -0.2) is 0 Å². The van der Waals surface area contributed by atoms with Gasteiger partial charge in [-0.3, -0.25) is 9.59 Å². The van der Waals surface area contributed by atoms with Crippen molar-refractivity contribution < 1.29 is 23.8 Å². The van der Waals surface area contributed by atoms with E-state index in [9.17, 15) is 9.59 Å². The number of aryl methyl sites for hydroxylation is 1. The number of hydrogen-bond donors (Lipinski definition) is 1. The van der Waals surface area contributed by atoms with Crippen molar-refractivity contribution in [2.24, 2.45) is 0 Å². The minimum absolute atomic E-state index is 0.174. The molecule has 7 heteroatoms. The fourth-order valence-corrected chi connectivity index (χ4v) is 2.53. The lowest BCUT2D eigenvalue weighted by Gasteiger charge is -2.09. The highest BCUT2D eigenvalue weighted by Gasteiger charge is 2.09. The van der Waals surface area contributed by atoms with Gasteiger partial charge >= 0.3 is 5.97 Å². The smallest absolute Gasteiger partial charge is 0.306 e. The number of nitrogens with one attached hydrogen (secondary N) is 1. The van der Waals surface area contributed by atoms with E-state index in [1.807, 2.05) is 31.2 Å². The molecule has 6 nitrogen and oxygen atoms in total. The van der Waals surface area contributed by atoms with Crippen molar-refractivity contribution in [1.29, 1.82) is 0 Å². The van der Waals surface area contributed by atoms with Crippen LogP contribution >= 0.6 is 11.6 Å². The molecule has 1 N–H and O–H groups in total. The van der Waals surface area contributed by atoms with Crippen molar-refractivity contribution in [3.63, 3.8) is 0 Å². The highest BCUT2D eigenvalue weighted by molar-refractivity contribution is 6.32. The van der Waals surface area contributed by atoms with Crippen LogP contribution in [0.2, 0.25) is 5.02 Å². The standard InChI is InChI=1S/C20H22ClNO5/c1-14-5-3-6-16(11-14)26-10-4-7-20(24)27-13-19(23)22-15-8-9-18(25-2)17(21)12-15/h3,5-6,8-9,11-12H,4,7,10,13H2,1-2H3,(H,22,23). The van der Waals surface area contributed by atoms with Gasteiger partial charge in [0.25, 0.3) is 5.91 Å². The van der Waals surface area contributed by atoms with Crippen LogP contribution in [-0.4, -0.2) is 32.2 Å². The average molecular weight is 392 g/mol. The van der Waals surface area contributed by atoms with Gasteiger partial charge in [-0.2, -0.15) is 0 Å². The Kier molecular flexibility index (Phi) is 7.95. The first kappa shape index (κ1) is 20.6. The van der Waals surface area contributed by atoms with Crippen molar-refractivity contribution in [3.8, 4) is 11.5 Å². The van der Waals surface area contributed by atoms with Crippen molar-refractivity contribution in [1.82, 2.24) is 0 Å². The molecule has 2 aromatic rings. The van der Waals surface area contributed by atoms with Gasteiger partial charge in [-0.05, 0) is 49.2 Å². The monoisotopic (exact) mass is 391 g/mol. The highest BCUT2D eigenvalue weighted by atomic mass is 35.5. The Morgan fingerprint density at radius 3 is 2.67 bits per heavy atom. The molecule has 0 aliphatic rings. The molecule has 0 saturated heterocycles. The summed E-state index contributed by atoms with van der Waals surface area (Å²) < 4.78 is 15.6. The summed E-state index contributed by atoms with van der Waals surface area (Å²) in [6.45, 7) is 2.02. The Labute approximate surface area is 163 Å². The molecule has 27 heavy (non-hydrogen) atoms. The largest absolute Gasteiger partial charge is 0.495 e. The predicted octanol–water partition coefficient (Wildman–Crippen LogP) is 4.00. The van der Waals surface area contributed by atoms with E-state index in [1.54, 1.807) is 18.2 Å². The molecule has 0 atom stereocenters. The van der Waals surface area contributed by atoms with Crippen molar-refractivity contribution in [3.05, 3.63) is 53.1 Å². The molecule has 1 amide bonds. The normalized spacial score (nSPS) is 10.2. The molecule has 0 unspecified atom stereocenters. The molecule has 2 rings (SSSR count). The number of rotatable bonds is 9. The van der Waals surface area contributed by atoms with Gasteiger partial charge < -0.3 is 19.5 Å². The number of ether oxygens (including phenoxy) is 3. The fraction of sp³-hybridized carbons (Fsp3) is 0.300. The molecule has 0 fully saturated rings. The second kappa shape index (κ2) is 10.4. The van der Waals surface area contributed by atoms with E-state index in [0.717, 1.165) is 11.3 Å². The second-order valence-corrected chi connectivity index (χ2v) is 6.23. The molecule has 2 aromatic carbocycles. The van der Waals surface area contributed by atoms with Gasteiger partial charge in [0, 0.05) is 12.1 Å². The van der Waals surface area contributed by atoms with E-state index in [2.05, 4.69) is 5.32 Å². The van der Waals surface area contributed by atoms with Crippen LogP contribution < -0.4 is 14.8 Å². The Bertz CT molecular complexity index is 794. The molecule has 0 radical (unpaired) electrons. The number of methoxy groups -OCH3 is 1. The van der Waals surface area contributed by atoms with E-state index in [0.29, 0.717) is 29.5 Å². The molecular formula is C20H22ClNO5. The SMILES string of the molecule is COc1ccc(NC(=O)COC(=O)CCCOc2cccc(C)c2)cc1Cl. The molecule has 0 aliphatic heterocycles. The van der Waals surface area contributed by atoms with E-state index in [4.69, 9.17) is 25.8 Å². The maximum Gasteiger partial charge on any atom is 0.306 e. The van der Waals surface area contributed by atoms with E-state index in [1.165, 1.54) is 7.11 Å². The first-order valence-corrected chi connectivity index (χ1v) is 8.84. The van der Waals surface area contributed by atoms with Crippen LogP contribution in [0.5, 0.6) is 11.5 Å². The zero-order valence-corrected chi connectivity index (χ0v) is 16.0. The molecule has 0 heterocycles. The molecule has 0 aliphatic carbocycles. The summed E-state index contributed by atoms with van der Waals surface area (Å²) in [6.07, 6.45) is 0.677. The Morgan fingerprint density at radius 2 is 1.96 bits per heavy atom. The topological polar surface area (TPSA) is 73.9 Å². The van der Waals surface area contributed by atoms with Crippen LogP contribution in [0.4, 0.5) is 5.69 Å². The third-order valence-electron chi connectivity index (χ3n) is 3.58. The van der Waals surface area contributed by atoms with Gasteiger partial charge in [-0.1, -0.05) is 23.7 Å². The number of amides is 1. The summed E-state index contributed by atoms with van der Waals surface area (Å²) in [5.74, 6) is 0.376. The number of esters is 1. The van der Waals surface area contributed by atoms with E-state index in [-0.39, 0.29) is 13.0 Å². The maximum atomic E-state index is 11.8. The summed E-state index contributed by atoms with van der Waals surface area (Å²) in [4.78, 5) is 23.5. The summed E-state index contributed by atoms with van der Waals surface area (Å²) in [5.41, 5.74) is 1.60. The van der Waals surface area contributed by atoms with Gasteiger partial charge in [0.05, 0.1) is 18.7 Å². The third-order valence-corrected chi connectivity index (χ3v) is 3.88. The first-order chi connectivity index (χ1) is 13.0. The van der Waals surface area contributed by atoms with Gasteiger partial charge in [-0.15, -0.1) is 0 Å². The fourth-order valence-electron chi connectivity index (χ4n) is 2.27. The van der Waals surface area contributed by atoms with E-state index < -0.39 is 11.9 Å². The van der Waals surface area contributed by atoms with Crippen LogP contribution in [0, 0.1) is 6.92 Å². The molecule has 144 valence electrons. The van der Waals surface area contributed by atoms with Crippen molar-refractivity contribution in [2.45, 2.75) is 19.8 Å². The highest BCUT2D eigenvalue weighted by Crippen LogP contribution is 2.27. The maximum absolute atomic E-state index is 11.8. The van der Waals surface area contributed by atoms with Crippen LogP contribution in [0.25, 0.3) is 0 Å². The van der Waals surface area contributed by atoms with Gasteiger partial charge in [0.15, 0.2) is 6.61 Å².